The minimum absolute atomic E-state index is 0.0312. The van der Waals surface area contributed by atoms with Crippen molar-refractivity contribution in [3.63, 3.8) is 0 Å². The molecule has 104 valence electrons. The van der Waals surface area contributed by atoms with Crippen molar-refractivity contribution < 1.29 is 4.79 Å². The van der Waals surface area contributed by atoms with Crippen LogP contribution in [0.3, 0.4) is 0 Å². The number of aryl methyl sites for hydroxylation is 1. The number of hydrogen-bond donors (Lipinski definition) is 2. The molecule has 1 amide bonds. The maximum atomic E-state index is 12.1. The van der Waals surface area contributed by atoms with Crippen LogP contribution in [-0.4, -0.2) is 29.4 Å². The summed E-state index contributed by atoms with van der Waals surface area (Å²) in [7, 11) is 0. The molecule has 2 rings (SSSR count). The molecule has 4 heteroatoms. The molecule has 0 radical (unpaired) electrons. The molecule has 1 saturated heterocycles. The smallest absolute Gasteiger partial charge is 0.238 e. The van der Waals surface area contributed by atoms with Crippen LogP contribution >= 0.6 is 0 Å². The number of nitrogens with one attached hydrogen (secondary N) is 1. The summed E-state index contributed by atoms with van der Waals surface area (Å²) < 4.78 is 0. The standard InChI is InChI=1S/C15H23N3O/c1-11-5-6-12(16)9-13(11)17-14(19)10-18-8-4-7-15(18,2)3/h5-6,9H,4,7-8,10,16H2,1-3H3,(H,17,19). The molecule has 1 aromatic rings. The third-order valence-electron chi connectivity index (χ3n) is 3.94. The van der Waals surface area contributed by atoms with E-state index in [1.807, 2.05) is 25.1 Å². The molecule has 0 atom stereocenters. The first-order valence-electron chi connectivity index (χ1n) is 6.79. The van der Waals surface area contributed by atoms with Gasteiger partial charge in [-0.05, 0) is 57.9 Å². The van der Waals surface area contributed by atoms with Crippen molar-refractivity contribution in [1.82, 2.24) is 4.90 Å². The summed E-state index contributed by atoms with van der Waals surface area (Å²) in [4.78, 5) is 14.4. The fourth-order valence-electron chi connectivity index (χ4n) is 2.59. The van der Waals surface area contributed by atoms with E-state index >= 15 is 0 Å². The number of anilines is 2. The Morgan fingerprint density at radius 3 is 2.84 bits per heavy atom. The van der Waals surface area contributed by atoms with E-state index < -0.39 is 0 Å². The number of nitrogens with two attached hydrogens (primary N) is 1. The highest BCUT2D eigenvalue weighted by Gasteiger charge is 2.32. The number of likely N-dealkylation sites (tertiary alicyclic amines) is 1. The number of carbonyl (C=O) groups is 1. The van der Waals surface area contributed by atoms with E-state index in [0.717, 1.165) is 30.6 Å². The second-order valence-electron chi connectivity index (χ2n) is 5.96. The first-order chi connectivity index (χ1) is 8.88. The van der Waals surface area contributed by atoms with Gasteiger partial charge >= 0.3 is 0 Å². The second kappa shape index (κ2) is 5.21. The maximum absolute atomic E-state index is 12.1. The molecular weight excluding hydrogens is 238 g/mol. The third kappa shape index (κ3) is 3.26. The summed E-state index contributed by atoms with van der Waals surface area (Å²) in [6.45, 7) is 7.80. The summed E-state index contributed by atoms with van der Waals surface area (Å²) >= 11 is 0. The quantitative estimate of drug-likeness (QED) is 0.821. The number of benzene rings is 1. The molecule has 3 N–H and O–H groups in total. The van der Waals surface area contributed by atoms with Gasteiger partial charge in [0.25, 0.3) is 0 Å². The Kier molecular flexibility index (Phi) is 3.80. The van der Waals surface area contributed by atoms with Crippen LogP contribution in [0, 0.1) is 6.92 Å². The molecule has 1 heterocycles. The van der Waals surface area contributed by atoms with Crippen molar-refractivity contribution in [3.05, 3.63) is 23.8 Å². The van der Waals surface area contributed by atoms with Gasteiger partial charge in [-0.2, -0.15) is 0 Å². The molecule has 1 fully saturated rings. The molecule has 4 nitrogen and oxygen atoms in total. The predicted octanol–water partition coefficient (Wildman–Crippen LogP) is 2.39. The molecule has 1 aliphatic rings. The van der Waals surface area contributed by atoms with Gasteiger partial charge in [0.1, 0.15) is 0 Å². The Morgan fingerprint density at radius 2 is 2.21 bits per heavy atom. The summed E-state index contributed by atoms with van der Waals surface area (Å²) in [5.74, 6) is 0.0312. The zero-order chi connectivity index (χ0) is 14.0. The Labute approximate surface area is 115 Å². The van der Waals surface area contributed by atoms with Gasteiger partial charge in [0.2, 0.25) is 5.91 Å². The molecule has 0 aromatic heterocycles. The van der Waals surface area contributed by atoms with Crippen LogP contribution in [0.4, 0.5) is 11.4 Å². The lowest BCUT2D eigenvalue weighted by molar-refractivity contribution is -0.118. The number of nitrogen functional groups attached to an aromatic ring is 1. The number of hydrogen-bond acceptors (Lipinski definition) is 3. The normalized spacial score (nSPS) is 18.5. The van der Waals surface area contributed by atoms with E-state index in [2.05, 4.69) is 24.1 Å². The van der Waals surface area contributed by atoms with E-state index in [4.69, 9.17) is 5.73 Å². The summed E-state index contributed by atoms with van der Waals surface area (Å²) in [6.07, 6.45) is 2.31. The fraction of sp³-hybridized carbons (Fsp3) is 0.533. The van der Waals surface area contributed by atoms with Crippen molar-refractivity contribution in [2.45, 2.75) is 39.2 Å². The Bertz CT molecular complexity index is 482. The zero-order valence-electron chi connectivity index (χ0n) is 12.0. The molecule has 0 saturated carbocycles. The maximum Gasteiger partial charge on any atom is 0.238 e. The van der Waals surface area contributed by atoms with Crippen LogP contribution < -0.4 is 11.1 Å². The monoisotopic (exact) mass is 261 g/mol. The third-order valence-corrected chi connectivity index (χ3v) is 3.94. The van der Waals surface area contributed by atoms with E-state index in [1.165, 1.54) is 0 Å². The van der Waals surface area contributed by atoms with E-state index in [9.17, 15) is 4.79 Å². The van der Waals surface area contributed by atoms with Crippen LogP contribution in [-0.2, 0) is 4.79 Å². The van der Waals surface area contributed by atoms with Gasteiger partial charge in [0, 0.05) is 16.9 Å². The van der Waals surface area contributed by atoms with Crippen molar-refractivity contribution in [2.24, 2.45) is 0 Å². The summed E-state index contributed by atoms with van der Waals surface area (Å²) in [6, 6.07) is 5.57. The SMILES string of the molecule is Cc1ccc(N)cc1NC(=O)CN1CCCC1(C)C. The van der Waals surface area contributed by atoms with Crippen molar-refractivity contribution in [3.8, 4) is 0 Å². The van der Waals surface area contributed by atoms with Crippen LogP contribution in [0.2, 0.25) is 0 Å². The van der Waals surface area contributed by atoms with E-state index in [1.54, 1.807) is 0 Å². The molecule has 0 unspecified atom stereocenters. The minimum Gasteiger partial charge on any atom is -0.399 e. The number of amides is 1. The molecule has 1 aromatic carbocycles. The highest BCUT2D eigenvalue weighted by atomic mass is 16.2. The topological polar surface area (TPSA) is 58.4 Å². The second-order valence-corrected chi connectivity index (χ2v) is 5.96. The molecule has 0 bridgehead atoms. The summed E-state index contributed by atoms with van der Waals surface area (Å²) in [5, 5.41) is 2.96. The van der Waals surface area contributed by atoms with E-state index in [0.29, 0.717) is 12.2 Å². The average molecular weight is 261 g/mol. The number of nitrogens with zero attached hydrogens (tertiary/aromatic N) is 1. The molecule has 19 heavy (non-hydrogen) atoms. The van der Waals surface area contributed by atoms with Crippen LogP contribution in [0.1, 0.15) is 32.3 Å². The zero-order valence-corrected chi connectivity index (χ0v) is 12.0. The van der Waals surface area contributed by atoms with Gasteiger partial charge < -0.3 is 11.1 Å². The lowest BCUT2D eigenvalue weighted by Gasteiger charge is -2.30. The Balaban J connectivity index is 2.00. The molecule has 1 aliphatic heterocycles. The van der Waals surface area contributed by atoms with Crippen LogP contribution in [0.15, 0.2) is 18.2 Å². The first-order valence-corrected chi connectivity index (χ1v) is 6.79. The highest BCUT2D eigenvalue weighted by molar-refractivity contribution is 5.93. The molecule has 0 aliphatic carbocycles. The highest BCUT2D eigenvalue weighted by Crippen LogP contribution is 2.27. The fourth-order valence-corrected chi connectivity index (χ4v) is 2.59. The Hall–Kier alpha value is -1.55. The average Bonchev–Trinajstić information content (AvgIpc) is 2.63. The summed E-state index contributed by atoms with van der Waals surface area (Å²) in [5.41, 5.74) is 8.38. The Morgan fingerprint density at radius 1 is 1.47 bits per heavy atom. The molecular formula is C15H23N3O. The predicted molar refractivity (Wildman–Crippen MR) is 79.1 cm³/mol. The van der Waals surface area contributed by atoms with Crippen molar-refractivity contribution in [2.75, 3.05) is 24.1 Å². The van der Waals surface area contributed by atoms with Gasteiger partial charge in [-0.25, -0.2) is 0 Å². The molecule has 0 spiro atoms. The minimum atomic E-state index is 0.0312. The van der Waals surface area contributed by atoms with Gasteiger partial charge in [0.05, 0.1) is 6.54 Å². The van der Waals surface area contributed by atoms with E-state index in [-0.39, 0.29) is 11.4 Å². The van der Waals surface area contributed by atoms with Crippen LogP contribution in [0.5, 0.6) is 0 Å². The lowest BCUT2D eigenvalue weighted by atomic mass is 10.0. The van der Waals surface area contributed by atoms with Crippen molar-refractivity contribution in [1.29, 1.82) is 0 Å². The van der Waals surface area contributed by atoms with Gasteiger partial charge in [-0.15, -0.1) is 0 Å². The van der Waals surface area contributed by atoms with Crippen molar-refractivity contribution >= 4 is 17.3 Å². The van der Waals surface area contributed by atoms with Gasteiger partial charge in [-0.1, -0.05) is 6.07 Å². The van der Waals surface area contributed by atoms with Crippen LogP contribution in [0.25, 0.3) is 0 Å². The lowest BCUT2D eigenvalue weighted by Crippen LogP contribution is -2.43. The van der Waals surface area contributed by atoms with Gasteiger partial charge in [-0.3, -0.25) is 9.69 Å². The number of rotatable bonds is 3. The number of carbonyl (C=O) groups excluding carboxylic acids is 1. The largest absolute Gasteiger partial charge is 0.399 e. The van der Waals surface area contributed by atoms with Gasteiger partial charge in [0.15, 0.2) is 0 Å². The first kappa shape index (κ1) is 13.9.